The molecule has 3 heterocycles. The van der Waals surface area contributed by atoms with Crippen molar-refractivity contribution in [3.8, 4) is 11.5 Å². The first kappa shape index (κ1) is 30.8. The number of likely N-dealkylation sites (N-methyl/N-ethyl adjacent to an activating group) is 1. The number of aromatic hydroxyl groups is 1. The summed E-state index contributed by atoms with van der Waals surface area (Å²) in [6.45, 7) is 1.03. The summed E-state index contributed by atoms with van der Waals surface area (Å²) in [5, 5.41) is 49.2. The van der Waals surface area contributed by atoms with Gasteiger partial charge in [-0.3, -0.25) is 24.2 Å². The molecule has 1 amide bonds. The Kier molecular flexibility index (Phi) is 6.76. The number of rotatable bonds is 3. The molecule has 7 N–H and O–H groups in total. The lowest BCUT2D eigenvalue weighted by Crippen LogP contribution is -2.65. The van der Waals surface area contributed by atoms with E-state index in [2.05, 4.69) is 10.2 Å². The minimum atomic E-state index is -5.14. The molecular weight excluding hydrogens is 613 g/mol. The first-order valence-electron chi connectivity index (χ1n) is 15.4. The second-order valence-corrected chi connectivity index (χ2v) is 13.5. The smallest absolute Gasteiger partial charge is 0.508 e. The number of carbonyl (C=O) groups excluding carboxylic acids is 3. The number of benzene rings is 1. The third kappa shape index (κ3) is 4.06. The van der Waals surface area contributed by atoms with Gasteiger partial charge in [0.1, 0.15) is 22.8 Å². The minimum absolute atomic E-state index is 0.0365. The molecule has 7 atom stereocenters. The predicted molar refractivity (Wildman–Crippen MR) is 155 cm³/mol. The summed E-state index contributed by atoms with van der Waals surface area (Å²) in [5.74, 6) is -9.24. The average Bonchev–Trinajstić information content (AvgIpc) is 3.35. The second-order valence-electron chi connectivity index (χ2n) is 13.5. The van der Waals surface area contributed by atoms with Gasteiger partial charge < -0.3 is 36.2 Å². The van der Waals surface area contributed by atoms with E-state index in [0.29, 0.717) is 13.1 Å². The SMILES string of the molecule is CN(C)[C@@H]1C(=O)C(C(N)=O)=C(O)[C@@]2(O)C(=O)C3=C(O)c4c(O)c5c(c(OC(F)(F)F)c4C[C@H]3C[C@@H]12)C1C(CN5)CC2CCCCN21. The average molecular weight is 649 g/mol. The number of nitrogens with one attached hydrogen (secondary N) is 1. The van der Waals surface area contributed by atoms with Crippen molar-refractivity contribution < 1.29 is 52.7 Å². The second kappa shape index (κ2) is 10.1. The molecule has 6 aliphatic rings. The van der Waals surface area contributed by atoms with Crippen LogP contribution in [0.15, 0.2) is 16.9 Å². The van der Waals surface area contributed by atoms with Gasteiger partial charge in [0.05, 0.1) is 17.3 Å². The van der Waals surface area contributed by atoms with Crippen molar-refractivity contribution in [1.29, 1.82) is 0 Å². The highest BCUT2D eigenvalue weighted by Gasteiger charge is 2.64. The normalized spacial score (nSPS) is 33.9. The third-order valence-electron chi connectivity index (χ3n) is 11.0. The molecular formula is C31H35F3N4O8. The number of fused-ring (bicyclic) bond motifs is 8. The molecule has 3 aliphatic carbocycles. The Labute approximate surface area is 261 Å². The number of ketones is 2. The zero-order valence-corrected chi connectivity index (χ0v) is 25.1. The van der Waals surface area contributed by atoms with Crippen molar-refractivity contribution in [3.63, 3.8) is 0 Å². The maximum atomic E-state index is 14.2. The fraction of sp³-hybridized carbons (Fsp3) is 0.581. The first-order chi connectivity index (χ1) is 21.6. The summed E-state index contributed by atoms with van der Waals surface area (Å²) >= 11 is 0. The van der Waals surface area contributed by atoms with Crippen molar-refractivity contribution in [2.24, 2.45) is 23.5 Å². The van der Waals surface area contributed by atoms with Gasteiger partial charge in [0.15, 0.2) is 17.1 Å². The molecule has 2 saturated heterocycles. The van der Waals surface area contributed by atoms with E-state index in [0.717, 1.165) is 25.7 Å². The van der Waals surface area contributed by atoms with Crippen LogP contribution in [-0.4, -0.2) is 98.9 Å². The number of hydrogen-bond donors (Lipinski definition) is 6. The van der Waals surface area contributed by atoms with Crippen LogP contribution in [0.25, 0.3) is 5.76 Å². The highest BCUT2D eigenvalue weighted by molar-refractivity contribution is 6.24. The van der Waals surface area contributed by atoms with E-state index in [1.807, 2.05) is 0 Å². The van der Waals surface area contributed by atoms with Crippen LogP contribution in [-0.2, 0) is 20.8 Å². The summed E-state index contributed by atoms with van der Waals surface area (Å²) in [6, 6.07) is -1.64. The molecule has 12 nitrogen and oxygen atoms in total. The van der Waals surface area contributed by atoms with Crippen LogP contribution in [0.3, 0.4) is 0 Å². The molecule has 3 unspecified atom stereocenters. The quantitative estimate of drug-likeness (QED) is 0.209. The Bertz CT molecular complexity index is 1650. The van der Waals surface area contributed by atoms with Crippen LogP contribution >= 0.6 is 0 Å². The van der Waals surface area contributed by atoms with Crippen LogP contribution in [0.5, 0.6) is 11.5 Å². The standard InChI is InChI=1S/C31H35F3N4O8/c1-37(2)22-15-9-11-8-14-17(23(39)16(11)27(42)30(15,45)28(43)19(25(22)41)29(35)44)24(40)20-18(26(14)46-31(32,33)34)21-12(10-36-20)7-13-5-3-4-6-38(13)21/h11-13,15,21-22,36,39-40,43,45H,3-10H2,1-2H3,(H2,35,44)/t11-,12?,13?,15-,21?,22-,30-/m0/s1. The Morgan fingerprint density at radius 3 is 2.52 bits per heavy atom. The molecule has 46 heavy (non-hydrogen) atoms. The van der Waals surface area contributed by atoms with Crippen molar-refractivity contribution in [2.75, 3.05) is 32.5 Å². The zero-order valence-electron chi connectivity index (χ0n) is 25.1. The number of aliphatic hydroxyl groups is 3. The van der Waals surface area contributed by atoms with Gasteiger partial charge in [-0.25, -0.2) is 0 Å². The number of anilines is 1. The number of alkyl halides is 3. The highest BCUT2D eigenvalue weighted by Crippen LogP contribution is 2.60. The van der Waals surface area contributed by atoms with Crippen LogP contribution in [0, 0.1) is 17.8 Å². The lowest BCUT2D eigenvalue weighted by Gasteiger charge is -2.50. The predicted octanol–water partition coefficient (Wildman–Crippen LogP) is 2.20. The first-order valence-corrected chi connectivity index (χ1v) is 15.4. The molecule has 1 aromatic rings. The summed E-state index contributed by atoms with van der Waals surface area (Å²) in [6.07, 6.45) is -2.16. The van der Waals surface area contributed by atoms with Gasteiger partial charge in [-0.2, -0.15) is 0 Å². The topological polar surface area (TPSA) is 186 Å². The number of carbonyl (C=O) groups is 3. The van der Waals surface area contributed by atoms with Crippen molar-refractivity contribution in [1.82, 2.24) is 9.80 Å². The van der Waals surface area contributed by atoms with Gasteiger partial charge in [-0.1, -0.05) is 6.42 Å². The number of Topliss-reactive ketones (excluding diaryl/α,β-unsaturated/α-hetero) is 2. The fourth-order valence-corrected chi connectivity index (χ4v) is 9.28. The lowest BCUT2D eigenvalue weighted by molar-refractivity contribution is -0.275. The summed E-state index contributed by atoms with van der Waals surface area (Å²) in [7, 11) is 2.93. The maximum Gasteiger partial charge on any atom is 0.573 e. The Balaban J connectivity index is 1.45. The van der Waals surface area contributed by atoms with E-state index >= 15 is 0 Å². The van der Waals surface area contributed by atoms with E-state index in [1.165, 1.54) is 19.0 Å². The van der Waals surface area contributed by atoms with E-state index in [4.69, 9.17) is 10.5 Å². The fourth-order valence-electron chi connectivity index (χ4n) is 9.28. The Morgan fingerprint density at radius 1 is 1.15 bits per heavy atom. The molecule has 3 aliphatic heterocycles. The Morgan fingerprint density at radius 2 is 1.87 bits per heavy atom. The lowest BCUT2D eigenvalue weighted by atomic mass is 9.57. The molecule has 1 aromatic carbocycles. The summed E-state index contributed by atoms with van der Waals surface area (Å²) in [5.41, 5.74) is 0.601. The van der Waals surface area contributed by atoms with E-state index in [1.54, 1.807) is 0 Å². The number of hydrogen-bond acceptors (Lipinski definition) is 11. The van der Waals surface area contributed by atoms with Crippen LogP contribution in [0.1, 0.15) is 54.8 Å². The molecule has 248 valence electrons. The monoisotopic (exact) mass is 648 g/mol. The minimum Gasteiger partial charge on any atom is -0.508 e. The van der Waals surface area contributed by atoms with Gasteiger partial charge in [0.25, 0.3) is 5.91 Å². The molecule has 7 rings (SSSR count). The van der Waals surface area contributed by atoms with E-state index in [-0.39, 0.29) is 41.6 Å². The zero-order chi connectivity index (χ0) is 33.2. The number of piperidine rings is 1. The maximum absolute atomic E-state index is 14.2. The molecule has 0 spiro atoms. The number of phenolic OH excluding ortho intramolecular Hbond substituents is 1. The van der Waals surface area contributed by atoms with Gasteiger partial charge in [0, 0.05) is 41.2 Å². The van der Waals surface area contributed by atoms with Gasteiger partial charge in [-0.05, 0) is 64.6 Å². The number of aliphatic hydroxyl groups excluding tert-OH is 2. The summed E-state index contributed by atoms with van der Waals surface area (Å²) < 4.78 is 47.2. The van der Waals surface area contributed by atoms with Crippen LogP contribution < -0.4 is 15.8 Å². The molecule has 0 aromatic heterocycles. The van der Waals surface area contributed by atoms with E-state index in [9.17, 15) is 48.0 Å². The Hall–Kier alpha value is -3.82. The molecule has 0 radical (unpaired) electrons. The third-order valence-corrected chi connectivity index (χ3v) is 11.0. The van der Waals surface area contributed by atoms with Crippen molar-refractivity contribution in [2.45, 2.75) is 68.6 Å². The van der Waals surface area contributed by atoms with E-state index < -0.39 is 93.1 Å². The van der Waals surface area contributed by atoms with Gasteiger partial charge in [-0.15, -0.1) is 13.2 Å². The number of ether oxygens (including phenoxy) is 1. The van der Waals surface area contributed by atoms with Crippen molar-refractivity contribution >= 4 is 28.9 Å². The van der Waals surface area contributed by atoms with Gasteiger partial charge >= 0.3 is 6.36 Å². The highest BCUT2D eigenvalue weighted by atomic mass is 19.4. The number of phenols is 1. The van der Waals surface area contributed by atoms with Crippen LogP contribution in [0.4, 0.5) is 18.9 Å². The summed E-state index contributed by atoms with van der Waals surface area (Å²) in [4.78, 5) is 43.2. The molecule has 0 bridgehead atoms. The number of nitrogens with zero attached hydrogens (tertiary/aromatic N) is 2. The number of amides is 1. The van der Waals surface area contributed by atoms with Gasteiger partial charge in [0.2, 0.25) is 5.78 Å². The molecule has 15 heteroatoms. The molecule has 1 saturated carbocycles. The largest absolute Gasteiger partial charge is 0.573 e. The number of nitrogens with two attached hydrogens (primary N) is 1. The molecule has 3 fully saturated rings. The van der Waals surface area contributed by atoms with Crippen LogP contribution in [0.2, 0.25) is 0 Å². The van der Waals surface area contributed by atoms with Crippen molar-refractivity contribution in [3.05, 3.63) is 33.6 Å². The number of primary amides is 1. The number of halogens is 3.